The van der Waals surface area contributed by atoms with Crippen LogP contribution in [0.2, 0.25) is 0 Å². The van der Waals surface area contributed by atoms with Crippen LogP contribution in [-0.4, -0.2) is 11.3 Å². The largest absolute Gasteiger partial charge is 0.319 e. The first kappa shape index (κ1) is 49.2. The normalized spacial score (nSPS) is 17.8. The molecule has 0 N–H and O–H groups in total. The Hall–Kier alpha value is -6.37. The smallest absolute Gasteiger partial charge is 0.285 e. The van der Waals surface area contributed by atoms with Crippen LogP contribution in [0.15, 0.2) is 140 Å². The summed E-state index contributed by atoms with van der Waals surface area (Å²) >= 11 is 1.99. The monoisotopic (exact) mass is 1020 g/mol. The number of nitrogens with zero attached hydrogens (tertiary/aromatic N) is 3. The van der Waals surface area contributed by atoms with E-state index in [9.17, 15) is 0 Å². The van der Waals surface area contributed by atoms with Gasteiger partial charge >= 0.3 is 0 Å². The lowest BCUT2D eigenvalue weighted by Gasteiger charge is -2.43. The summed E-state index contributed by atoms with van der Waals surface area (Å²) in [6.45, 7) is 33.3. The number of fused-ring (bicyclic) bond motifs is 10. The molecule has 0 amide bonds. The number of hydrogen-bond acceptors (Lipinski definition) is 3. The molecule has 2 aromatic heterocycles. The average molecular weight is 1020 g/mol. The molecular formula is C70H73BFN3S. The van der Waals surface area contributed by atoms with E-state index in [0.717, 1.165) is 48.3 Å². The van der Waals surface area contributed by atoms with Crippen molar-refractivity contribution in [1.29, 1.82) is 0 Å². The van der Waals surface area contributed by atoms with Crippen LogP contribution in [0.5, 0.6) is 0 Å². The Morgan fingerprint density at radius 1 is 0.487 bits per heavy atom. The van der Waals surface area contributed by atoms with Gasteiger partial charge in [-0.25, -0.2) is 4.39 Å². The molecule has 0 fully saturated rings. The summed E-state index contributed by atoms with van der Waals surface area (Å²) in [6.07, 6.45) is 4.52. The predicted molar refractivity (Wildman–Crippen MR) is 326 cm³/mol. The van der Waals surface area contributed by atoms with Crippen molar-refractivity contribution in [3.8, 4) is 16.8 Å². The highest BCUT2D eigenvalue weighted by Gasteiger charge is 2.50. The van der Waals surface area contributed by atoms with Crippen LogP contribution in [0.1, 0.15) is 156 Å². The van der Waals surface area contributed by atoms with E-state index < -0.39 is 0 Å². The molecule has 4 heterocycles. The molecule has 0 unspecified atom stereocenters. The number of thiophene rings is 1. The average Bonchev–Trinajstić information content (AvgIpc) is 3.98. The van der Waals surface area contributed by atoms with E-state index in [-0.39, 0.29) is 45.0 Å². The Morgan fingerprint density at radius 3 is 1.61 bits per heavy atom. The molecule has 2 aliphatic heterocycles. The third-order valence-electron chi connectivity index (χ3n) is 18.7. The zero-order chi connectivity index (χ0) is 53.4. The maximum absolute atomic E-state index is 15.4. The van der Waals surface area contributed by atoms with Gasteiger partial charge in [0.2, 0.25) is 0 Å². The summed E-state index contributed by atoms with van der Waals surface area (Å²) < 4.78 is 20.7. The molecule has 384 valence electrons. The second-order valence-corrected chi connectivity index (χ2v) is 28.7. The number of halogens is 1. The topological polar surface area (TPSA) is 11.4 Å². The summed E-state index contributed by atoms with van der Waals surface area (Å²) in [4.78, 5) is 5.28. The maximum atomic E-state index is 15.4. The van der Waals surface area contributed by atoms with Crippen LogP contribution < -0.4 is 25.6 Å². The van der Waals surface area contributed by atoms with Crippen molar-refractivity contribution in [3.05, 3.63) is 179 Å². The Labute approximate surface area is 455 Å². The van der Waals surface area contributed by atoms with Gasteiger partial charge < -0.3 is 14.4 Å². The van der Waals surface area contributed by atoms with Crippen molar-refractivity contribution in [2.45, 2.75) is 155 Å². The molecule has 0 atom stereocenters. The second-order valence-electron chi connectivity index (χ2n) is 27.7. The molecule has 3 nitrogen and oxygen atoms in total. The summed E-state index contributed by atoms with van der Waals surface area (Å²) in [5.74, 6) is -0.234. The predicted octanol–water partition coefficient (Wildman–Crippen LogP) is 18.0. The molecule has 0 radical (unpaired) electrons. The molecule has 9 aromatic rings. The highest BCUT2D eigenvalue weighted by atomic mass is 32.1. The van der Waals surface area contributed by atoms with Crippen molar-refractivity contribution < 1.29 is 4.39 Å². The lowest BCUT2D eigenvalue weighted by atomic mass is 9.37. The first-order valence-corrected chi connectivity index (χ1v) is 28.8. The lowest BCUT2D eigenvalue weighted by molar-refractivity contribution is 0.332. The zero-order valence-electron chi connectivity index (χ0n) is 47.3. The first-order chi connectivity index (χ1) is 35.8. The molecule has 6 heteroatoms. The van der Waals surface area contributed by atoms with E-state index in [1.807, 2.05) is 23.5 Å². The van der Waals surface area contributed by atoms with Gasteiger partial charge in [0.15, 0.2) is 0 Å². The minimum Gasteiger partial charge on any atom is -0.319 e. The van der Waals surface area contributed by atoms with Crippen LogP contribution in [0.25, 0.3) is 37.8 Å². The minimum absolute atomic E-state index is 0.00242. The molecule has 4 aliphatic rings. The zero-order valence-corrected chi connectivity index (χ0v) is 48.1. The molecule has 0 saturated heterocycles. The summed E-state index contributed by atoms with van der Waals surface area (Å²) in [5, 5.41) is 2.54. The molecule has 0 bridgehead atoms. The van der Waals surface area contributed by atoms with E-state index in [1.165, 1.54) is 98.6 Å². The fraction of sp³-hybridized carbons (Fsp3) is 0.343. The van der Waals surface area contributed by atoms with Gasteiger partial charge in [0.05, 0.1) is 22.6 Å². The van der Waals surface area contributed by atoms with Crippen LogP contribution in [-0.2, 0) is 32.5 Å². The van der Waals surface area contributed by atoms with E-state index in [2.05, 4.69) is 227 Å². The van der Waals surface area contributed by atoms with Gasteiger partial charge in [-0.1, -0.05) is 152 Å². The molecule has 7 aromatic carbocycles. The highest BCUT2D eigenvalue weighted by molar-refractivity contribution is 7.33. The first-order valence-electron chi connectivity index (χ1n) is 28.0. The maximum Gasteiger partial charge on any atom is 0.285 e. The van der Waals surface area contributed by atoms with E-state index in [1.54, 1.807) is 12.1 Å². The fourth-order valence-electron chi connectivity index (χ4n) is 13.8. The van der Waals surface area contributed by atoms with Gasteiger partial charge in [-0.05, 0) is 188 Å². The second kappa shape index (κ2) is 16.3. The van der Waals surface area contributed by atoms with Crippen LogP contribution >= 0.6 is 11.3 Å². The van der Waals surface area contributed by atoms with Crippen molar-refractivity contribution in [2.24, 2.45) is 0 Å². The third kappa shape index (κ3) is 7.31. The number of benzene rings is 7. The Bertz CT molecular complexity index is 3850. The van der Waals surface area contributed by atoms with E-state index >= 15 is 4.39 Å². The molecule has 0 saturated carbocycles. The van der Waals surface area contributed by atoms with Gasteiger partial charge in [0.1, 0.15) is 5.82 Å². The molecular weight excluding hydrogens is 945 g/mol. The van der Waals surface area contributed by atoms with Gasteiger partial charge in [-0.3, -0.25) is 0 Å². The lowest BCUT2D eigenvalue weighted by Crippen LogP contribution is -2.62. The molecule has 2 aliphatic carbocycles. The Kier molecular flexibility index (Phi) is 10.6. The Morgan fingerprint density at radius 2 is 1.01 bits per heavy atom. The van der Waals surface area contributed by atoms with Crippen molar-refractivity contribution in [3.63, 3.8) is 0 Å². The Balaban J connectivity index is 1.23. The molecule has 76 heavy (non-hydrogen) atoms. The van der Waals surface area contributed by atoms with Crippen LogP contribution in [0.3, 0.4) is 0 Å². The fourth-order valence-corrected chi connectivity index (χ4v) is 15.2. The third-order valence-corrected chi connectivity index (χ3v) is 19.9. The van der Waals surface area contributed by atoms with Gasteiger partial charge in [-0.2, -0.15) is 0 Å². The summed E-state index contributed by atoms with van der Waals surface area (Å²) in [7, 11) is 0. The van der Waals surface area contributed by atoms with Crippen LogP contribution in [0, 0.1) is 5.82 Å². The quantitative estimate of drug-likeness (QED) is 0.163. The van der Waals surface area contributed by atoms with E-state index in [4.69, 9.17) is 0 Å². The molecule has 13 rings (SSSR count). The highest BCUT2D eigenvalue weighted by Crippen LogP contribution is 2.56. The summed E-state index contributed by atoms with van der Waals surface area (Å²) in [5.41, 5.74) is 22.5. The van der Waals surface area contributed by atoms with Gasteiger partial charge in [0, 0.05) is 54.2 Å². The number of rotatable bonds is 4. The van der Waals surface area contributed by atoms with Gasteiger partial charge in [0.25, 0.3) is 6.71 Å². The van der Waals surface area contributed by atoms with Gasteiger partial charge in [-0.15, -0.1) is 11.3 Å². The molecule has 0 spiro atoms. The number of aromatic nitrogens is 1. The van der Waals surface area contributed by atoms with E-state index in [0.29, 0.717) is 0 Å². The van der Waals surface area contributed by atoms with Crippen molar-refractivity contribution in [2.75, 3.05) is 9.80 Å². The number of hydrogen-bond donors (Lipinski definition) is 0. The minimum atomic E-state index is -0.234. The summed E-state index contributed by atoms with van der Waals surface area (Å²) in [6, 6.07) is 52.5. The standard InChI is InChI=1S/C70H73BFN3S/c1-65(2,3)43-23-28-46(29-24-43)73-56-21-18-22-57-60(56)71(64-62(73)50-39-52-54(41-59(50)76-64)70(13,14)36-34-68(52,9)10)63-61(75(57)55-32-25-44(66(4,5)6)37-48(55)42-19-16-15-17-20-42)49-38-51-53(69(11,12)35-33-67(51,7)8)40-58(49)74(63)47-30-26-45(72)27-31-47/h15-32,37-41H,33-36H2,1-14H3. The van der Waals surface area contributed by atoms with Crippen LogP contribution in [0.4, 0.5) is 38.5 Å². The van der Waals surface area contributed by atoms with Crippen molar-refractivity contribution in [1.82, 2.24) is 4.57 Å². The van der Waals surface area contributed by atoms with Crippen molar-refractivity contribution >= 4 is 89.0 Å². The number of anilines is 6. The SMILES string of the molecule is CC(C)(C)c1ccc(N2c3cccc4c3B(c3sc5cc6c(cc5c32)C(C)(C)CCC6(C)C)c2c(c3cc5c(cc3n2-c2ccc(F)cc2)C(C)(C)CCC5(C)C)N4c2ccc(C(C)(C)C)cc2-c2ccccc2)cc1.